The molecule has 4 heteroatoms. The Morgan fingerprint density at radius 2 is 2.29 bits per heavy atom. The highest BCUT2D eigenvalue weighted by molar-refractivity contribution is 5.69. The van der Waals surface area contributed by atoms with Crippen LogP contribution in [0, 0.1) is 0 Å². The van der Waals surface area contributed by atoms with Crippen molar-refractivity contribution in [1.29, 1.82) is 0 Å². The van der Waals surface area contributed by atoms with Gasteiger partial charge in [0, 0.05) is 12.6 Å². The van der Waals surface area contributed by atoms with Gasteiger partial charge in [-0.15, -0.1) is 6.58 Å². The van der Waals surface area contributed by atoms with Crippen LogP contribution in [0.25, 0.3) is 0 Å². The Morgan fingerprint density at radius 3 is 2.82 bits per heavy atom. The zero-order chi connectivity index (χ0) is 12.8. The summed E-state index contributed by atoms with van der Waals surface area (Å²) in [5.74, 6) is -0.693. The Hall–Kier alpha value is -1.81. The molecule has 1 aromatic rings. The predicted molar refractivity (Wildman–Crippen MR) is 65.9 cm³/mol. The number of hydrogen-bond acceptors (Lipinski definition) is 3. The number of carboxylic acids is 1. The van der Waals surface area contributed by atoms with Gasteiger partial charge in [0.05, 0.1) is 6.54 Å². The van der Waals surface area contributed by atoms with Crippen molar-refractivity contribution in [3.05, 3.63) is 42.5 Å². The largest absolute Gasteiger partial charge is 0.508 e. The van der Waals surface area contributed by atoms with Gasteiger partial charge in [-0.1, -0.05) is 18.2 Å². The third kappa shape index (κ3) is 3.92. The molecule has 0 spiro atoms. The van der Waals surface area contributed by atoms with Gasteiger partial charge in [-0.2, -0.15) is 0 Å². The Kier molecular flexibility index (Phi) is 4.72. The third-order valence-corrected chi connectivity index (χ3v) is 2.60. The van der Waals surface area contributed by atoms with Crippen molar-refractivity contribution in [2.75, 3.05) is 13.1 Å². The van der Waals surface area contributed by atoms with Crippen molar-refractivity contribution in [2.24, 2.45) is 0 Å². The number of phenolic OH excluding ortho intramolecular Hbond substituents is 1. The smallest absolute Gasteiger partial charge is 0.317 e. The average molecular weight is 235 g/mol. The second-order valence-corrected chi connectivity index (χ2v) is 3.88. The van der Waals surface area contributed by atoms with Crippen LogP contribution in [0.2, 0.25) is 0 Å². The molecular weight excluding hydrogens is 218 g/mol. The Bertz CT molecular complexity index is 403. The number of aliphatic carboxylic acids is 1. The summed E-state index contributed by atoms with van der Waals surface area (Å²) in [7, 11) is 0. The maximum absolute atomic E-state index is 10.8. The molecule has 0 heterocycles. The quantitative estimate of drug-likeness (QED) is 0.741. The SMILES string of the molecule is C=CCN(CC(=O)O)C(C)c1cccc(O)c1. The lowest BCUT2D eigenvalue weighted by Crippen LogP contribution is -2.32. The fourth-order valence-electron chi connectivity index (χ4n) is 1.69. The van der Waals surface area contributed by atoms with Gasteiger partial charge in [-0.25, -0.2) is 0 Å². The van der Waals surface area contributed by atoms with Gasteiger partial charge in [0.2, 0.25) is 0 Å². The Labute approximate surface area is 101 Å². The molecule has 1 unspecified atom stereocenters. The molecule has 1 atom stereocenters. The third-order valence-electron chi connectivity index (χ3n) is 2.60. The van der Waals surface area contributed by atoms with E-state index >= 15 is 0 Å². The lowest BCUT2D eigenvalue weighted by atomic mass is 10.1. The molecule has 0 saturated carbocycles. The lowest BCUT2D eigenvalue weighted by Gasteiger charge is -2.26. The molecule has 0 fully saturated rings. The molecule has 1 aromatic carbocycles. The monoisotopic (exact) mass is 235 g/mol. The lowest BCUT2D eigenvalue weighted by molar-refractivity contribution is -0.138. The van der Waals surface area contributed by atoms with E-state index in [1.54, 1.807) is 29.2 Å². The van der Waals surface area contributed by atoms with Gasteiger partial charge in [0.15, 0.2) is 0 Å². The highest BCUT2D eigenvalue weighted by Gasteiger charge is 2.17. The van der Waals surface area contributed by atoms with Gasteiger partial charge in [0.1, 0.15) is 5.75 Å². The standard InChI is InChI=1S/C13H17NO3/c1-3-7-14(9-13(16)17)10(2)11-5-4-6-12(15)8-11/h3-6,8,10,15H,1,7,9H2,2H3,(H,16,17). The summed E-state index contributed by atoms with van der Waals surface area (Å²) in [6, 6.07) is 6.75. The van der Waals surface area contributed by atoms with Crippen LogP contribution in [0.1, 0.15) is 18.5 Å². The molecule has 92 valence electrons. The number of carboxylic acid groups (broad SMARTS) is 1. The molecule has 1 rings (SSSR count). The molecule has 0 aromatic heterocycles. The minimum atomic E-state index is -0.876. The van der Waals surface area contributed by atoms with Gasteiger partial charge in [0.25, 0.3) is 0 Å². The maximum Gasteiger partial charge on any atom is 0.317 e. The van der Waals surface area contributed by atoms with E-state index in [1.165, 1.54) is 0 Å². The summed E-state index contributed by atoms with van der Waals surface area (Å²) in [5, 5.41) is 18.2. The van der Waals surface area contributed by atoms with Gasteiger partial charge in [-0.05, 0) is 24.6 Å². The fourth-order valence-corrected chi connectivity index (χ4v) is 1.69. The fraction of sp³-hybridized carbons (Fsp3) is 0.308. The first-order chi connectivity index (χ1) is 8.04. The minimum absolute atomic E-state index is 0.0527. The highest BCUT2D eigenvalue weighted by Crippen LogP contribution is 2.23. The van der Waals surface area contributed by atoms with Gasteiger partial charge < -0.3 is 10.2 Å². The zero-order valence-electron chi connectivity index (χ0n) is 9.84. The van der Waals surface area contributed by atoms with E-state index in [4.69, 9.17) is 5.11 Å². The molecule has 0 saturated heterocycles. The van der Waals surface area contributed by atoms with Crippen molar-refractivity contribution in [3.8, 4) is 5.75 Å². The second-order valence-electron chi connectivity index (χ2n) is 3.88. The molecule has 0 bridgehead atoms. The van der Waals surface area contributed by atoms with Crippen LogP contribution in [-0.2, 0) is 4.79 Å². The summed E-state index contributed by atoms with van der Waals surface area (Å²) in [5.41, 5.74) is 0.883. The molecule has 0 radical (unpaired) electrons. The van der Waals surface area contributed by atoms with Crippen molar-refractivity contribution < 1.29 is 15.0 Å². The predicted octanol–water partition coefficient (Wildman–Crippen LogP) is 2.03. The number of benzene rings is 1. The van der Waals surface area contributed by atoms with Crippen LogP contribution < -0.4 is 0 Å². The van der Waals surface area contributed by atoms with Crippen LogP contribution in [-0.4, -0.2) is 34.2 Å². The molecule has 17 heavy (non-hydrogen) atoms. The van der Waals surface area contributed by atoms with Crippen LogP contribution in [0.15, 0.2) is 36.9 Å². The van der Waals surface area contributed by atoms with Gasteiger partial charge in [-0.3, -0.25) is 9.69 Å². The van der Waals surface area contributed by atoms with Crippen molar-refractivity contribution >= 4 is 5.97 Å². The minimum Gasteiger partial charge on any atom is -0.508 e. The van der Waals surface area contributed by atoms with E-state index < -0.39 is 5.97 Å². The summed E-state index contributed by atoms with van der Waals surface area (Å²) in [6.07, 6.45) is 1.67. The first kappa shape index (κ1) is 13.3. The van der Waals surface area contributed by atoms with Crippen LogP contribution in [0.5, 0.6) is 5.75 Å². The molecular formula is C13H17NO3. The molecule has 0 amide bonds. The number of phenols is 1. The average Bonchev–Trinajstić information content (AvgIpc) is 2.27. The van der Waals surface area contributed by atoms with Crippen molar-refractivity contribution in [3.63, 3.8) is 0 Å². The van der Waals surface area contributed by atoms with E-state index in [-0.39, 0.29) is 18.3 Å². The first-order valence-corrected chi connectivity index (χ1v) is 5.40. The zero-order valence-corrected chi connectivity index (χ0v) is 9.84. The Morgan fingerprint density at radius 1 is 1.59 bits per heavy atom. The van der Waals surface area contributed by atoms with Gasteiger partial charge >= 0.3 is 5.97 Å². The number of aromatic hydroxyl groups is 1. The van der Waals surface area contributed by atoms with Crippen LogP contribution >= 0.6 is 0 Å². The summed E-state index contributed by atoms with van der Waals surface area (Å²) < 4.78 is 0. The van der Waals surface area contributed by atoms with Crippen molar-refractivity contribution in [1.82, 2.24) is 4.90 Å². The first-order valence-electron chi connectivity index (χ1n) is 5.40. The molecule has 0 aliphatic heterocycles. The van der Waals surface area contributed by atoms with E-state index in [9.17, 15) is 9.90 Å². The number of nitrogens with zero attached hydrogens (tertiary/aromatic N) is 1. The molecule has 4 nitrogen and oxygen atoms in total. The summed E-state index contributed by atoms with van der Waals surface area (Å²) >= 11 is 0. The number of rotatable bonds is 6. The molecule has 2 N–H and O–H groups in total. The topological polar surface area (TPSA) is 60.8 Å². The maximum atomic E-state index is 10.8. The number of hydrogen-bond donors (Lipinski definition) is 2. The highest BCUT2D eigenvalue weighted by atomic mass is 16.4. The van der Waals surface area contributed by atoms with Crippen LogP contribution in [0.3, 0.4) is 0 Å². The Balaban J connectivity index is 2.86. The molecule has 0 aliphatic carbocycles. The van der Waals surface area contributed by atoms with Crippen molar-refractivity contribution in [2.45, 2.75) is 13.0 Å². The summed E-state index contributed by atoms with van der Waals surface area (Å²) in [4.78, 5) is 12.5. The molecule has 0 aliphatic rings. The number of carbonyl (C=O) groups is 1. The van der Waals surface area contributed by atoms with E-state index in [0.29, 0.717) is 6.54 Å². The van der Waals surface area contributed by atoms with E-state index in [0.717, 1.165) is 5.56 Å². The van der Waals surface area contributed by atoms with E-state index in [1.807, 2.05) is 13.0 Å². The summed E-state index contributed by atoms with van der Waals surface area (Å²) in [6.45, 7) is 5.96. The van der Waals surface area contributed by atoms with Crippen LogP contribution in [0.4, 0.5) is 0 Å². The van der Waals surface area contributed by atoms with E-state index in [2.05, 4.69) is 6.58 Å². The second kappa shape index (κ2) is 6.06. The normalized spacial score (nSPS) is 12.4.